The smallest absolute Gasteiger partial charge is 0.398 e. The molecule has 1 aliphatic carbocycles. The van der Waals surface area contributed by atoms with E-state index in [1.807, 2.05) is 43.5 Å². The maximum Gasteiger partial charge on any atom is 0.495 e. The number of ether oxygens (including phenoxy) is 1. The lowest BCUT2D eigenvalue weighted by Crippen LogP contribution is -2.36. The summed E-state index contributed by atoms with van der Waals surface area (Å²) in [6, 6.07) is 16.4. The van der Waals surface area contributed by atoms with Crippen LogP contribution in [0.15, 0.2) is 60.8 Å². The number of aromatic nitrogens is 1. The van der Waals surface area contributed by atoms with Gasteiger partial charge in [-0.1, -0.05) is 54.6 Å². The highest BCUT2D eigenvalue weighted by Crippen LogP contribution is 2.41. The molecule has 2 aromatic carbocycles. The third-order valence-electron chi connectivity index (χ3n) is 5.49. The Balaban J connectivity index is 1.57. The molecule has 0 saturated carbocycles. The SMILES string of the molecule is CO[C@@H](C)c1ccccc1B1O[C@H]2C=Cc3cnc4ccccc4c3[C@H]2O1. The Morgan fingerprint density at radius 1 is 1.07 bits per heavy atom. The summed E-state index contributed by atoms with van der Waals surface area (Å²) in [5.74, 6) is 0. The predicted molar refractivity (Wildman–Crippen MR) is 107 cm³/mol. The molecule has 0 amide bonds. The highest BCUT2D eigenvalue weighted by atomic mass is 16.7. The van der Waals surface area contributed by atoms with Crippen LogP contribution in [-0.2, 0) is 14.0 Å². The fourth-order valence-electron chi connectivity index (χ4n) is 4.03. The van der Waals surface area contributed by atoms with Crippen molar-refractivity contribution in [3.63, 3.8) is 0 Å². The third-order valence-corrected chi connectivity index (χ3v) is 5.49. The molecule has 0 unspecified atom stereocenters. The minimum atomic E-state index is -0.420. The summed E-state index contributed by atoms with van der Waals surface area (Å²) in [7, 11) is 1.30. The van der Waals surface area contributed by atoms with Crippen LogP contribution in [0, 0.1) is 0 Å². The van der Waals surface area contributed by atoms with Crippen LogP contribution in [0.5, 0.6) is 0 Å². The van der Waals surface area contributed by atoms with Gasteiger partial charge in [0, 0.05) is 24.3 Å². The summed E-state index contributed by atoms with van der Waals surface area (Å²) >= 11 is 0. The lowest BCUT2D eigenvalue weighted by Gasteiger charge is -2.23. The first-order valence-electron chi connectivity index (χ1n) is 9.24. The van der Waals surface area contributed by atoms with Gasteiger partial charge in [-0.15, -0.1) is 0 Å². The molecule has 3 atom stereocenters. The lowest BCUT2D eigenvalue weighted by molar-refractivity contribution is 0.120. The van der Waals surface area contributed by atoms with Gasteiger partial charge in [-0.05, 0) is 29.6 Å². The highest BCUT2D eigenvalue weighted by Gasteiger charge is 2.44. The molecule has 5 rings (SSSR count). The van der Waals surface area contributed by atoms with Crippen molar-refractivity contribution in [1.29, 1.82) is 0 Å². The van der Waals surface area contributed by atoms with Crippen LogP contribution in [0.2, 0.25) is 0 Å². The fraction of sp³-hybridized carbons (Fsp3) is 0.227. The molecule has 3 aromatic rings. The summed E-state index contributed by atoms with van der Waals surface area (Å²) < 4.78 is 18.3. The molecular formula is C22H20BNO3. The summed E-state index contributed by atoms with van der Waals surface area (Å²) in [5.41, 5.74) is 5.35. The van der Waals surface area contributed by atoms with E-state index in [2.05, 4.69) is 35.3 Å². The number of fused-ring (bicyclic) bond motifs is 5. The molecule has 1 aliphatic heterocycles. The van der Waals surface area contributed by atoms with E-state index in [0.717, 1.165) is 33.1 Å². The Bertz CT molecular complexity index is 1030. The highest BCUT2D eigenvalue weighted by molar-refractivity contribution is 6.62. The van der Waals surface area contributed by atoms with Crippen LogP contribution in [0.3, 0.4) is 0 Å². The van der Waals surface area contributed by atoms with Crippen molar-refractivity contribution in [3.8, 4) is 0 Å². The van der Waals surface area contributed by atoms with Crippen LogP contribution in [0.25, 0.3) is 17.0 Å². The quantitative estimate of drug-likeness (QED) is 0.669. The van der Waals surface area contributed by atoms with Crippen molar-refractivity contribution in [3.05, 3.63) is 77.5 Å². The number of methoxy groups -OCH3 is 1. The molecule has 0 spiro atoms. The van der Waals surface area contributed by atoms with E-state index >= 15 is 0 Å². The van der Waals surface area contributed by atoms with Gasteiger partial charge >= 0.3 is 7.12 Å². The topological polar surface area (TPSA) is 40.6 Å². The van der Waals surface area contributed by atoms with Gasteiger partial charge in [0.1, 0.15) is 0 Å². The first-order chi connectivity index (χ1) is 13.3. The van der Waals surface area contributed by atoms with Crippen LogP contribution in [-0.4, -0.2) is 25.3 Å². The number of para-hydroxylation sites is 1. The van der Waals surface area contributed by atoms with Gasteiger partial charge in [-0.3, -0.25) is 4.98 Å². The van der Waals surface area contributed by atoms with E-state index in [1.54, 1.807) is 7.11 Å². The fourth-order valence-corrected chi connectivity index (χ4v) is 4.03. The average Bonchev–Trinajstić information content (AvgIpc) is 3.17. The molecule has 2 aliphatic rings. The van der Waals surface area contributed by atoms with E-state index in [4.69, 9.17) is 14.0 Å². The number of hydrogen-bond acceptors (Lipinski definition) is 4. The van der Waals surface area contributed by atoms with E-state index in [9.17, 15) is 0 Å². The predicted octanol–water partition coefficient (Wildman–Crippen LogP) is 3.82. The largest absolute Gasteiger partial charge is 0.495 e. The van der Waals surface area contributed by atoms with E-state index < -0.39 is 7.12 Å². The van der Waals surface area contributed by atoms with Gasteiger partial charge in [-0.2, -0.15) is 0 Å². The number of rotatable bonds is 3. The van der Waals surface area contributed by atoms with Crippen molar-refractivity contribution in [2.75, 3.05) is 7.11 Å². The summed E-state index contributed by atoms with van der Waals surface area (Å²) in [6.45, 7) is 2.04. The molecule has 1 aromatic heterocycles. The normalized spacial score (nSPS) is 21.9. The standard InChI is InChI=1S/C22H20BNO3/c1-14(25-2)16-7-3-5-9-18(16)23-26-20-12-11-15-13-24-19-10-6-4-8-17(19)21(15)22(20)27-23/h3-14,20,22H,1-2H3/t14-,20-,22-/m0/s1. The minimum absolute atomic E-state index is 0.0242. The third kappa shape index (κ3) is 2.70. The van der Waals surface area contributed by atoms with Crippen LogP contribution >= 0.6 is 0 Å². The van der Waals surface area contributed by atoms with Crippen molar-refractivity contribution >= 4 is 29.6 Å². The van der Waals surface area contributed by atoms with Gasteiger partial charge in [0.15, 0.2) is 0 Å². The van der Waals surface area contributed by atoms with Crippen molar-refractivity contribution in [2.45, 2.75) is 25.2 Å². The molecule has 0 bridgehead atoms. The molecule has 1 saturated heterocycles. The molecule has 1 fully saturated rings. The van der Waals surface area contributed by atoms with Crippen molar-refractivity contribution in [2.24, 2.45) is 0 Å². The van der Waals surface area contributed by atoms with Crippen LogP contribution < -0.4 is 5.46 Å². The Hall–Kier alpha value is -2.47. The maximum atomic E-state index is 6.46. The zero-order chi connectivity index (χ0) is 18.4. The van der Waals surface area contributed by atoms with Gasteiger partial charge in [0.2, 0.25) is 0 Å². The Morgan fingerprint density at radius 2 is 1.89 bits per heavy atom. The lowest BCUT2D eigenvalue weighted by atomic mass is 9.75. The molecule has 2 heterocycles. The van der Waals surface area contributed by atoms with Gasteiger partial charge in [-0.25, -0.2) is 0 Å². The Kier molecular flexibility index (Phi) is 4.08. The molecule has 5 heteroatoms. The minimum Gasteiger partial charge on any atom is -0.398 e. The summed E-state index contributed by atoms with van der Waals surface area (Å²) in [6.07, 6.45) is 5.80. The van der Waals surface area contributed by atoms with E-state index in [-0.39, 0.29) is 18.3 Å². The maximum absolute atomic E-state index is 6.46. The van der Waals surface area contributed by atoms with Gasteiger partial charge < -0.3 is 14.0 Å². The molecular weight excluding hydrogens is 337 g/mol. The second-order valence-electron chi connectivity index (χ2n) is 7.00. The second kappa shape index (κ2) is 6.61. The first-order valence-corrected chi connectivity index (χ1v) is 9.24. The number of hydrogen-bond donors (Lipinski definition) is 0. The summed E-state index contributed by atoms with van der Waals surface area (Å²) in [5, 5.41) is 1.12. The average molecular weight is 357 g/mol. The molecule has 134 valence electrons. The zero-order valence-corrected chi connectivity index (χ0v) is 15.3. The van der Waals surface area contributed by atoms with Crippen LogP contribution in [0.1, 0.15) is 35.8 Å². The van der Waals surface area contributed by atoms with Gasteiger partial charge in [0.05, 0.1) is 23.8 Å². The zero-order valence-electron chi connectivity index (χ0n) is 15.3. The second-order valence-corrected chi connectivity index (χ2v) is 7.00. The number of nitrogens with zero attached hydrogens (tertiary/aromatic N) is 1. The Morgan fingerprint density at radius 3 is 2.78 bits per heavy atom. The monoisotopic (exact) mass is 357 g/mol. The molecule has 0 radical (unpaired) electrons. The van der Waals surface area contributed by atoms with Crippen molar-refractivity contribution < 1.29 is 14.0 Å². The first kappa shape index (κ1) is 16.7. The molecule has 0 N–H and O–H groups in total. The number of pyridine rings is 1. The van der Waals surface area contributed by atoms with Gasteiger partial charge in [0.25, 0.3) is 0 Å². The van der Waals surface area contributed by atoms with Crippen molar-refractivity contribution in [1.82, 2.24) is 4.98 Å². The Labute approximate surface area is 158 Å². The van der Waals surface area contributed by atoms with E-state index in [0.29, 0.717) is 0 Å². The summed E-state index contributed by atoms with van der Waals surface area (Å²) in [4.78, 5) is 4.57. The molecule has 27 heavy (non-hydrogen) atoms. The van der Waals surface area contributed by atoms with Crippen LogP contribution in [0.4, 0.5) is 0 Å². The van der Waals surface area contributed by atoms with E-state index in [1.165, 1.54) is 0 Å². The molecule has 4 nitrogen and oxygen atoms in total. The number of benzene rings is 2.